The van der Waals surface area contributed by atoms with Gasteiger partial charge in [0.05, 0.1) is 18.4 Å². The summed E-state index contributed by atoms with van der Waals surface area (Å²) < 4.78 is 5.18. The van der Waals surface area contributed by atoms with Gasteiger partial charge < -0.3 is 15.4 Å². The number of anilines is 2. The molecule has 32 heavy (non-hydrogen) atoms. The molecule has 4 aromatic carbocycles. The Labute approximate surface area is 190 Å². The monoisotopic (exact) mass is 442 g/mol. The van der Waals surface area contributed by atoms with Crippen LogP contribution in [-0.4, -0.2) is 24.7 Å². The minimum absolute atomic E-state index is 0.159. The number of nitrogens with one attached hydrogen (secondary N) is 2. The minimum Gasteiger partial charge on any atom is -0.497 e. The minimum atomic E-state index is -0.211. The number of carbonyl (C=O) groups excluding carboxylic acids is 2. The highest BCUT2D eigenvalue weighted by Crippen LogP contribution is 2.25. The molecule has 0 fully saturated rings. The Morgan fingerprint density at radius 3 is 2.38 bits per heavy atom. The summed E-state index contributed by atoms with van der Waals surface area (Å²) in [5.41, 5.74) is 1.92. The van der Waals surface area contributed by atoms with E-state index in [9.17, 15) is 9.59 Å². The lowest BCUT2D eigenvalue weighted by molar-refractivity contribution is -0.113. The predicted octanol–water partition coefficient (Wildman–Crippen LogP) is 5.83. The van der Waals surface area contributed by atoms with Crippen LogP contribution in [0.1, 0.15) is 10.4 Å². The van der Waals surface area contributed by atoms with E-state index in [1.165, 1.54) is 11.8 Å². The van der Waals surface area contributed by atoms with E-state index in [1.54, 1.807) is 25.3 Å². The van der Waals surface area contributed by atoms with E-state index < -0.39 is 0 Å². The van der Waals surface area contributed by atoms with Gasteiger partial charge in [-0.2, -0.15) is 0 Å². The van der Waals surface area contributed by atoms with Crippen LogP contribution in [0.2, 0.25) is 0 Å². The van der Waals surface area contributed by atoms with Crippen molar-refractivity contribution in [2.45, 2.75) is 4.90 Å². The Morgan fingerprint density at radius 1 is 0.781 bits per heavy atom. The number of hydrogen-bond donors (Lipinski definition) is 2. The molecule has 0 saturated heterocycles. The second kappa shape index (κ2) is 10.0. The van der Waals surface area contributed by atoms with E-state index in [2.05, 4.69) is 10.6 Å². The molecule has 0 spiro atoms. The molecule has 0 radical (unpaired) electrons. The van der Waals surface area contributed by atoms with Crippen molar-refractivity contribution in [1.29, 1.82) is 0 Å². The third-order valence-electron chi connectivity index (χ3n) is 4.85. The van der Waals surface area contributed by atoms with Gasteiger partial charge in [0.2, 0.25) is 5.91 Å². The molecule has 0 unspecified atom stereocenters. The Morgan fingerprint density at radius 2 is 1.53 bits per heavy atom. The third kappa shape index (κ3) is 5.28. The summed E-state index contributed by atoms with van der Waals surface area (Å²) in [6, 6.07) is 28.3. The van der Waals surface area contributed by atoms with Crippen molar-refractivity contribution in [2.24, 2.45) is 0 Å². The fourth-order valence-electron chi connectivity index (χ4n) is 3.29. The average molecular weight is 443 g/mol. The highest BCUT2D eigenvalue weighted by atomic mass is 32.2. The Hall–Kier alpha value is -3.77. The number of methoxy groups -OCH3 is 1. The fraction of sp³-hybridized carbons (Fsp3) is 0.0769. The summed E-state index contributed by atoms with van der Waals surface area (Å²) in [5, 5.41) is 7.99. The van der Waals surface area contributed by atoms with Crippen LogP contribution in [0.3, 0.4) is 0 Å². The molecule has 6 heteroatoms. The normalized spacial score (nSPS) is 10.5. The standard InChI is InChI=1S/C26H22N2O3S/c1-31-22-10-6-9-20(16-22)27-25(29)17-32-24-12-5-4-11-23(24)26(30)28-21-14-13-18-7-2-3-8-19(18)15-21/h2-16H,17H2,1H3,(H,27,29)(H,28,30). The first-order valence-electron chi connectivity index (χ1n) is 10.1. The zero-order chi connectivity index (χ0) is 22.3. The second-order valence-corrected chi connectivity index (χ2v) is 8.10. The fourth-order valence-corrected chi connectivity index (χ4v) is 4.14. The molecule has 0 aliphatic rings. The molecule has 4 rings (SSSR count). The van der Waals surface area contributed by atoms with E-state index >= 15 is 0 Å². The topological polar surface area (TPSA) is 67.4 Å². The Balaban J connectivity index is 1.42. The van der Waals surface area contributed by atoms with Crippen LogP contribution in [0.25, 0.3) is 10.8 Å². The summed E-state index contributed by atoms with van der Waals surface area (Å²) in [5.74, 6) is 0.480. The van der Waals surface area contributed by atoms with E-state index in [-0.39, 0.29) is 17.6 Å². The van der Waals surface area contributed by atoms with Gasteiger partial charge in [-0.3, -0.25) is 9.59 Å². The average Bonchev–Trinajstić information content (AvgIpc) is 2.83. The zero-order valence-corrected chi connectivity index (χ0v) is 18.3. The smallest absolute Gasteiger partial charge is 0.256 e. The largest absolute Gasteiger partial charge is 0.497 e. The number of hydrogen-bond acceptors (Lipinski definition) is 4. The lowest BCUT2D eigenvalue weighted by Gasteiger charge is -2.11. The molecule has 160 valence electrons. The van der Waals surface area contributed by atoms with Gasteiger partial charge in [0, 0.05) is 22.3 Å². The van der Waals surface area contributed by atoms with Gasteiger partial charge in [-0.1, -0.05) is 48.5 Å². The molecule has 0 aliphatic heterocycles. The number of thioether (sulfide) groups is 1. The number of rotatable bonds is 7. The van der Waals surface area contributed by atoms with Crippen LogP contribution in [0.4, 0.5) is 11.4 Å². The van der Waals surface area contributed by atoms with E-state index in [1.807, 2.05) is 72.8 Å². The Bertz CT molecular complexity index is 1270. The molecule has 0 saturated carbocycles. The molecule has 0 aromatic heterocycles. The van der Waals surface area contributed by atoms with Crippen molar-refractivity contribution in [1.82, 2.24) is 0 Å². The number of benzene rings is 4. The summed E-state index contributed by atoms with van der Waals surface area (Å²) in [4.78, 5) is 26.1. The molecular weight excluding hydrogens is 420 g/mol. The first-order chi connectivity index (χ1) is 15.6. The SMILES string of the molecule is COc1cccc(NC(=O)CSc2ccccc2C(=O)Nc2ccc3ccccc3c2)c1. The molecule has 2 N–H and O–H groups in total. The summed E-state index contributed by atoms with van der Waals surface area (Å²) in [7, 11) is 1.58. The molecule has 0 aliphatic carbocycles. The summed E-state index contributed by atoms with van der Waals surface area (Å²) in [6.07, 6.45) is 0. The van der Waals surface area contributed by atoms with E-state index in [0.717, 1.165) is 21.4 Å². The first-order valence-corrected chi connectivity index (χ1v) is 11.1. The van der Waals surface area contributed by atoms with E-state index in [0.29, 0.717) is 17.0 Å². The highest BCUT2D eigenvalue weighted by molar-refractivity contribution is 8.00. The summed E-state index contributed by atoms with van der Waals surface area (Å²) >= 11 is 1.32. The first kappa shape index (κ1) is 21.5. The van der Waals surface area contributed by atoms with Crippen LogP contribution in [-0.2, 0) is 4.79 Å². The number of amides is 2. The number of carbonyl (C=O) groups is 2. The van der Waals surface area contributed by atoms with Crippen LogP contribution in [0.5, 0.6) is 5.75 Å². The summed E-state index contributed by atoms with van der Waals surface area (Å²) in [6.45, 7) is 0. The van der Waals surface area contributed by atoms with Crippen molar-refractivity contribution < 1.29 is 14.3 Å². The van der Waals surface area contributed by atoms with Gasteiger partial charge in [-0.05, 0) is 47.2 Å². The van der Waals surface area contributed by atoms with Gasteiger partial charge in [0.15, 0.2) is 0 Å². The van der Waals surface area contributed by atoms with Crippen molar-refractivity contribution in [3.05, 3.63) is 96.6 Å². The maximum absolute atomic E-state index is 12.9. The van der Waals surface area contributed by atoms with Crippen molar-refractivity contribution in [3.8, 4) is 5.75 Å². The van der Waals surface area contributed by atoms with Crippen LogP contribution in [0, 0.1) is 0 Å². The van der Waals surface area contributed by atoms with Gasteiger partial charge in [0.25, 0.3) is 5.91 Å². The maximum Gasteiger partial charge on any atom is 0.256 e. The Kier molecular flexibility index (Phi) is 6.72. The molecular formula is C26H22N2O3S. The van der Waals surface area contributed by atoms with Crippen LogP contribution >= 0.6 is 11.8 Å². The lowest BCUT2D eigenvalue weighted by Crippen LogP contribution is -2.16. The number of ether oxygens (including phenoxy) is 1. The number of fused-ring (bicyclic) bond motifs is 1. The van der Waals surface area contributed by atoms with Gasteiger partial charge in [-0.25, -0.2) is 0 Å². The molecule has 0 atom stereocenters. The lowest BCUT2D eigenvalue weighted by atomic mass is 10.1. The van der Waals surface area contributed by atoms with Crippen molar-refractivity contribution in [3.63, 3.8) is 0 Å². The highest BCUT2D eigenvalue weighted by Gasteiger charge is 2.13. The van der Waals surface area contributed by atoms with Crippen molar-refractivity contribution >= 4 is 45.7 Å². The predicted molar refractivity (Wildman–Crippen MR) is 131 cm³/mol. The second-order valence-electron chi connectivity index (χ2n) is 7.08. The van der Waals surface area contributed by atoms with Gasteiger partial charge >= 0.3 is 0 Å². The zero-order valence-electron chi connectivity index (χ0n) is 17.5. The van der Waals surface area contributed by atoms with Crippen LogP contribution in [0.15, 0.2) is 95.9 Å². The van der Waals surface area contributed by atoms with Crippen LogP contribution < -0.4 is 15.4 Å². The molecule has 5 nitrogen and oxygen atoms in total. The molecule has 2 amide bonds. The molecule has 0 heterocycles. The quantitative estimate of drug-likeness (QED) is 0.353. The van der Waals surface area contributed by atoms with E-state index in [4.69, 9.17) is 4.74 Å². The molecule has 0 bridgehead atoms. The maximum atomic E-state index is 12.9. The van der Waals surface area contributed by atoms with Gasteiger partial charge in [-0.15, -0.1) is 11.8 Å². The van der Waals surface area contributed by atoms with Crippen molar-refractivity contribution in [2.75, 3.05) is 23.5 Å². The molecule has 4 aromatic rings. The van der Waals surface area contributed by atoms with Gasteiger partial charge in [0.1, 0.15) is 5.75 Å². The third-order valence-corrected chi connectivity index (χ3v) is 5.92.